The summed E-state index contributed by atoms with van der Waals surface area (Å²) in [5, 5.41) is 7.79. The van der Waals surface area contributed by atoms with Crippen LogP contribution in [0.2, 0.25) is 0 Å². The summed E-state index contributed by atoms with van der Waals surface area (Å²) in [7, 11) is 1.60. The van der Waals surface area contributed by atoms with E-state index in [0.29, 0.717) is 18.1 Å². The third-order valence-corrected chi connectivity index (χ3v) is 6.32. The van der Waals surface area contributed by atoms with Crippen LogP contribution in [0.25, 0.3) is 5.69 Å². The fourth-order valence-electron chi connectivity index (χ4n) is 4.34. The molecule has 1 aromatic heterocycles. The van der Waals surface area contributed by atoms with Crippen molar-refractivity contribution in [3.8, 4) is 11.4 Å². The number of aromatic nitrogens is 2. The van der Waals surface area contributed by atoms with Gasteiger partial charge in [0.15, 0.2) is 0 Å². The molecule has 1 saturated heterocycles. The Balaban J connectivity index is 1.39. The van der Waals surface area contributed by atoms with E-state index in [4.69, 9.17) is 4.74 Å². The third kappa shape index (κ3) is 5.84. The maximum Gasteiger partial charge on any atom is 0.271 e. The summed E-state index contributed by atoms with van der Waals surface area (Å²) < 4.78 is 6.59. The van der Waals surface area contributed by atoms with Crippen LogP contribution < -0.4 is 20.5 Å². The highest BCUT2D eigenvalue weighted by atomic mass is 16.5. The maximum absolute atomic E-state index is 13.0. The molecule has 7 nitrogen and oxygen atoms in total. The number of ether oxygens (including phenoxy) is 1. The van der Waals surface area contributed by atoms with Crippen molar-refractivity contribution in [1.29, 1.82) is 0 Å². The van der Waals surface area contributed by atoms with Crippen molar-refractivity contribution < 1.29 is 9.53 Å². The number of nitrogens with one attached hydrogen (secondary N) is 1. The van der Waals surface area contributed by atoms with Crippen LogP contribution in [0, 0.1) is 5.92 Å². The van der Waals surface area contributed by atoms with Crippen LogP contribution in [-0.4, -0.2) is 41.9 Å². The lowest BCUT2D eigenvalue weighted by atomic mass is 9.96. The zero-order chi connectivity index (χ0) is 23.9. The number of hydrogen-bond donors (Lipinski definition) is 1. The normalized spacial score (nSPS) is 16.6. The second-order valence-corrected chi connectivity index (χ2v) is 8.86. The standard InChI is InChI=1S/C27H32N4O3/c1-20(10-11-21-7-4-3-5-8-21)28-27(33)22-9-6-18-30(19-22)25-16-17-26(32)31(29-25)23-12-14-24(34-2)15-13-23/h3-5,7-8,12-17,20,22H,6,9-11,18-19H2,1-2H3,(H,28,33)/t20-,22+/m1/s1. The number of benzene rings is 2. The summed E-state index contributed by atoms with van der Waals surface area (Å²) in [4.78, 5) is 27.5. The molecule has 0 bridgehead atoms. The van der Waals surface area contributed by atoms with E-state index in [1.165, 1.54) is 16.3 Å². The molecule has 1 aliphatic heterocycles. The largest absolute Gasteiger partial charge is 0.497 e. The predicted molar refractivity (Wildman–Crippen MR) is 134 cm³/mol. The number of rotatable bonds is 8. The molecule has 1 amide bonds. The number of nitrogens with zero attached hydrogens (tertiary/aromatic N) is 3. The Morgan fingerprint density at radius 3 is 2.62 bits per heavy atom. The lowest BCUT2D eigenvalue weighted by Crippen LogP contribution is -2.46. The molecule has 0 unspecified atom stereocenters. The number of carbonyl (C=O) groups is 1. The van der Waals surface area contributed by atoms with Gasteiger partial charge in [0.25, 0.3) is 5.56 Å². The Labute approximate surface area is 200 Å². The van der Waals surface area contributed by atoms with E-state index in [1.807, 2.05) is 18.2 Å². The molecule has 3 aromatic rings. The Morgan fingerprint density at radius 2 is 1.88 bits per heavy atom. The summed E-state index contributed by atoms with van der Waals surface area (Å²) in [6, 6.07) is 20.9. The number of amides is 1. The minimum Gasteiger partial charge on any atom is -0.497 e. The van der Waals surface area contributed by atoms with E-state index in [9.17, 15) is 9.59 Å². The zero-order valence-corrected chi connectivity index (χ0v) is 19.8. The van der Waals surface area contributed by atoms with Crippen molar-refractivity contribution in [3.05, 3.63) is 82.6 Å². The van der Waals surface area contributed by atoms with Crippen molar-refractivity contribution >= 4 is 11.7 Å². The Kier molecular flexibility index (Phi) is 7.62. The van der Waals surface area contributed by atoms with E-state index in [-0.39, 0.29) is 23.4 Å². The predicted octanol–water partition coefficient (Wildman–Crippen LogP) is 3.60. The third-order valence-electron chi connectivity index (χ3n) is 6.32. The molecule has 0 saturated carbocycles. The van der Waals surface area contributed by atoms with E-state index >= 15 is 0 Å². The molecule has 2 atom stereocenters. The van der Waals surface area contributed by atoms with Gasteiger partial charge >= 0.3 is 0 Å². The summed E-state index contributed by atoms with van der Waals surface area (Å²) in [5.41, 5.74) is 1.75. The van der Waals surface area contributed by atoms with Gasteiger partial charge in [0.05, 0.1) is 18.7 Å². The highest BCUT2D eigenvalue weighted by Gasteiger charge is 2.27. The fourth-order valence-corrected chi connectivity index (χ4v) is 4.34. The molecule has 1 N–H and O–H groups in total. The number of piperidine rings is 1. The van der Waals surface area contributed by atoms with Crippen molar-refractivity contribution in [2.45, 2.75) is 38.6 Å². The van der Waals surface area contributed by atoms with Crippen molar-refractivity contribution in [3.63, 3.8) is 0 Å². The summed E-state index contributed by atoms with van der Waals surface area (Å²) in [5.74, 6) is 1.41. The van der Waals surface area contributed by atoms with Crippen LogP contribution in [0.5, 0.6) is 5.75 Å². The Morgan fingerprint density at radius 1 is 1.12 bits per heavy atom. The van der Waals surface area contributed by atoms with Crippen molar-refractivity contribution in [1.82, 2.24) is 15.1 Å². The number of aryl methyl sites for hydroxylation is 1. The highest BCUT2D eigenvalue weighted by molar-refractivity contribution is 5.79. The molecular weight excluding hydrogens is 428 g/mol. The maximum atomic E-state index is 13.0. The number of hydrogen-bond acceptors (Lipinski definition) is 5. The van der Waals surface area contributed by atoms with E-state index in [0.717, 1.165) is 38.0 Å². The van der Waals surface area contributed by atoms with Gasteiger partial charge in [-0.25, -0.2) is 0 Å². The monoisotopic (exact) mass is 460 g/mol. The molecule has 0 spiro atoms. The Hall–Kier alpha value is -3.61. The minimum absolute atomic E-state index is 0.0914. The Bertz CT molecular complexity index is 1140. The molecule has 2 heterocycles. The molecule has 7 heteroatoms. The fraction of sp³-hybridized carbons (Fsp3) is 0.370. The van der Waals surface area contributed by atoms with Gasteiger partial charge in [0, 0.05) is 25.2 Å². The van der Waals surface area contributed by atoms with Gasteiger partial charge in [0.1, 0.15) is 11.6 Å². The van der Waals surface area contributed by atoms with E-state index < -0.39 is 0 Å². The molecular formula is C27H32N4O3. The van der Waals surface area contributed by atoms with Gasteiger partial charge in [-0.1, -0.05) is 30.3 Å². The number of methoxy groups -OCH3 is 1. The smallest absolute Gasteiger partial charge is 0.271 e. The summed E-state index contributed by atoms with van der Waals surface area (Å²) in [6.45, 7) is 3.46. The molecule has 4 rings (SSSR count). The van der Waals surface area contributed by atoms with Crippen LogP contribution in [-0.2, 0) is 11.2 Å². The van der Waals surface area contributed by atoms with E-state index in [2.05, 4.69) is 34.4 Å². The topological polar surface area (TPSA) is 76.5 Å². The molecule has 2 aromatic carbocycles. The van der Waals surface area contributed by atoms with Crippen LogP contribution in [0.4, 0.5) is 5.82 Å². The van der Waals surface area contributed by atoms with Crippen LogP contribution >= 0.6 is 0 Å². The second kappa shape index (κ2) is 11.0. The first-order valence-corrected chi connectivity index (χ1v) is 11.9. The lowest BCUT2D eigenvalue weighted by Gasteiger charge is -2.33. The average Bonchev–Trinajstić information content (AvgIpc) is 2.88. The van der Waals surface area contributed by atoms with Gasteiger partial charge in [0.2, 0.25) is 5.91 Å². The average molecular weight is 461 g/mol. The van der Waals surface area contributed by atoms with Gasteiger partial charge < -0.3 is 15.0 Å². The quantitative estimate of drug-likeness (QED) is 0.556. The van der Waals surface area contributed by atoms with Crippen molar-refractivity contribution in [2.24, 2.45) is 5.92 Å². The SMILES string of the molecule is COc1ccc(-n2nc(N3CCC[C@H](C(=O)N[C@H](C)CCc4ccccc4)C3)ccc2=O)cc1. The van der Waals surface area contributed by atoms with Gasteiger partial charge in [-0.2, -0.15) is 4.68 Å². The van der Waals surface area contributed by atoms with Gasteiger partial charge in [-0.3, -0.25) is 9.59 Å². The molecule has 1 aliphatic rings. The lowest BCUT2D eigenvalue weighted by molar-refractivity contribution is -0.125. The van der Waals surface area contributed by atoms with Crippen molar-refractivity contribution in [2.75, 3.05) is 25.1 Å². The van der Waals surface area contributed by atoms with Gasteiger partial charge in [-0.05, 0) is 68.5 Å². The number of anilines is 1. The molecule has 178 valence electrons. The number of carbonyl (C=O) groups excluding carboxylic acids is 1. The molecule has 1 fully saturated rings. The summed E-state index contributed by atoms with van der Waals surface area (Å²) >= 11 is 0. The first kappa shape index (κ1) is 23.5. The first-order valence-electron chi connectivity index (χ1n) is 11.9. The van der Waals surface area contributed by atoms with Crippen LogP contribution in [0.1, 0.15) is 31.7 Å². The minimum atomic E-state index is -0.201. The molecule has 34 heavy (non-hydrogen) atoms. The first-order chi connectivity index (χ1) is 16.5. The molecule has 0 aliphatic carbocycles. The van der Waals surface area contributed by atoms with Crippen LogP contribution in [0.3, 0.4) is 0 Å². The summed E-state index contributed by atoms with van der Waals surface area (Å²) in [6.07, 6.45) is 3.60. The second-order valence-electron chi connectivity index (χ2n) is 8.86. The van der Waals surface area contributed by atoms with Crippen LogP contribution in [0.15, 0.2) is 71.5 Å². The van der Waals surface area contributed by atoms with E-state index in [1.54, 1.807) is 37.4 Å². The zero-order valence-electron chi connectivity index (χ0n) is 19.8. The molecule has 0 radical (unpaired) electrons. The highest BCUT2D eigenvalue weighted by Crippen LogP contribution is 2.22. The van der Waals surface area contributed by atoms with Gasteiger partial charge in [-0.15, -0.1) is 5.10 Å².